The summed E-state index contributed by atoms with van der Waals surface area (Å²) < 4.78 is 13.6. The lowest BCUT2D eigenvalue weighted by Crippen LogP contribution is -2.27. The fraction of sp³-hybridized carbons (Fsp3) is 0.133. The topological polar surface area (TPSA) is 29.1 Å². The maximum Gasteiger partial charge on any atom is 0.254 e. The zero-order valence-electron chi connectivity index (χ0n) is 10.4. The zero-order chi connectivity index (χ0) is 13.8. The summed E-state index contributed by atoms with van der Waals surface area (Å²) in [7, 11) is 0. The molecule has 98 valence electrons. The summed E-state index contributed by atoms with van der Waals surface area (Å²) in [6.45, 7) is 1.84. The highest BCUT2D eigenvalue weighted by molar-refractivity contribution is 6.31. The second-order valence-electron chi connectivity index (χ2n) is 4.23. The Morgan fingerprint density at radius 3 is 2.58 bits per heavy atom. The lowest BCUT2D eigenvalue weighted by Gasteiger charge is -2.14. The molecule has 0 heterocycles. The summed E-state index contributed by atoms with van der Waals surface area (Å²) in [5, 5.41) is 3.08. The summed E-state index contributed by atoms with van der Waals surface area (Å²) in [6.07, 6.45) is 0. The van der Waals surface area contributed by atoms with E-state index in [1.54, 1.807) is 0 Å². The van der Waals surface area contributed by atoms with Gasteiger partial charge in [0.05, 0.1) is 11.6 Å². The van der Waals surface area contributed by atoms with Crippen LogP contribution in [0.5, 0.6) is 0 Å². The normalized spacial score (nSPS) is 11.9. The van der Waals surface area contributed by atoms with Crippen molar-refractivity contribution in [2.24, 2.45) is 0 Å². The van der Waals surface area contributed by atoms with Crippen molar-refractivity contribution < 1.29 is 9.18 Å². The van der Waals surface area contributed by atoms with Gasteiger partial charge in [-0.1, -0.05) is 41.9 Å². The molecule has 0 spiro atoms. The SMILES string of the molecule is CC(NC(=O)c1cc(Cl)ccc1F)c1ccccc1. The molecule has 0 aliphatic rings. The van der Waals surface area contributed by atoms with Crippen molar-refractivity contribution in [2.75, 3.05) is 0 Å². The van der Waals surface area contributed by atoms with Gasteiger partial charge in [0.15, 0.2) is 0 Å². The molecule has 0 bridgehead atoms. The van der Waals surface area contributed by atoms with Gasteiger partial charge in [0.25, 0.3) is 5.91 Å². The highest BCUT2D eigenvalue weighted by Gasteiger charge is 2.15. The van der Waals surface area contributed by atoms with Crippen LogP contribution in [0.3, 0.4) is 0 Å². The average Bonchev–Trinajstić information content (AvgIpc) is 2.42. The van der Waals surface area contributed by atoms with Gasteiger partial charge < -0.3 is 5.32 Å². The molecule has 0 saturated carbocycles. The molecule has 1 N–H and O–H groups in total. The molecule has 0 aromatic heterocycles. The molecule has 1 amide bonds. The number of halogens is 2. The van der Waals surface area contributed by atoms with Crippen molar-refractivity contribution in [2.45, 2.75) is 13.0 Å². The van der Waals surface area contributed by atoms with E-state index < -0.39 is 11.7 Å². The molecule has 2 aromatic carbocycles. The van der Waals surface area contributed by atoms with Crippen LogP contribution in [0.2, 0.25) is 5.02 Å². The van der Waals surface area contributed by atoms with Gasteiger partial charge in [-0.05, 0) is 30.7 Å². The van der Waals surface area contributed by atoms with Gasteiger partial charge in [0, 0.05) is 5.02 Å². The molecular weight excluding hydrogens is 265 g/mol. The Hall–Kier alpha value is -1.87. The van der Waals surface area contributed by atoms with E-state index in [1.807, 2.05) is 37.3 Å². The summed E-state index contributed by atoms with van der Waals surface area (Å²) >= 11 is 5.77. The first-order valence-electron chi connectivity index (χ1n) is 5.89. The van der Waals surface area contributed by atoms with E-state index in [9.17, 15) is 9.18 Å². The van der Waals surface area contributed by atoms with Gasteiger partial charge in [-0.3, -0.25) is 4.79 Å². The van der Waals surface area contributed by atoms with Gasteiger partial charge in [-0.25, -0.2) is 4.39 Å². The smallest absolute Gasteiger partial charge is 0.254 e. The van der Waals surface area contributed by atoms with Crippen molar-refractivity contribution in [3.8, 4) is 0 Å². The van der Waals surface area contributed by atoms with E-state index in [-0.39, 0.29) is 11.6 Å². The predicted molar refractivity (Wildman–Crippen MR) is 73.7 cm³/mol. The molecule has 2 aromatic rings. The number of carbonyl (C=O) groups excluding carboxylic acids is 1. The van der Waals surface area contributed by atoms with Crippen molar-refractivity contribution in [3.05, 3.63) is 70.5 Å². The third-order valence-corrected chi connectivity index (χ3v) is 3.06. The number of amides is 1. The standard InChI is InChI=1S/C15H13ClFNO/c1-10(11-5-3-2-4-6-11)18-15(19)13-9-12(16)7-8-14(13)17/h2-10H,1H3,(H,18,19). The molecule has 4 heteroatoms. The molecule has 0 aliphatic carbocycles. The van der Waals surface area contributed by atoms with Gasteiger partial charge >= 0.3 is 0 Å². The van der Waals surface area contributed by atoms with Crippen LogP contribution in [-0.2, 0) is 0 Å². The maximum atomic E-state index is 13.6. The molecule has 1 unspecified atom stereocenters. The third kappa shape index (κ3) is 3.32. The van der Waals surface area contributed by atoms with Crippen molar-refractivity contribution >= 4 is 17.5 Å². The van der Waals surface area contributed by atoms with Gasteiger partial charge in [-0.2, -0.15) is 0 Å². The van der Waals surface area contributed by atoms with Crippen LogP contribution in [0, 0.1) is 5.82 Å². The number of hydrogen-bond donors (Lipinski definition) is 1. The lowest BCUT2D eigenvalue weighted by molar-refractivity contribution is 0.0936. The number of carbonyl (C=O) groups is 1. The Morgan fingerprint density at radius 1 is 1.21 bits per heavy atom. The molecular formula is C15H13ClFNO. The van der Waals surface area contributed by atoms with E-state index >= 15 is 0 Å². The molecule has 19 heavy (non-hydrogen) atoms. The van der Waals surface area contributed by atoms with Gasteiger partial charge in [-0.15, -0.1) is 0 Å². The molecule has 1 atom stereocenters. The number of nitrogens with one attached hydrogen (secondary N) is 1. The van der Waals surface area contributed by atoms with E-state index in [0.717, 1.165) is 5.56 Å². The minimum absolute atomic E-state index is 0.0460. The van der Waals surface area contributed by atoms with Crippen LogP contribution in [-0.4, -0.2) is 5.91 Å². The van der Waals surface area contributed by atoms with Crippen LogP contribution in [0.25, 0.3) is 0 Å². The Bertz CT molecular complexity index is 586. The van der Waals surface area contributed by atoms with Crippen molar-refractivity contribution in [3.63, 3.8) is 0 Å². The first-order valence-corrected chi connectivity index (χ1v) is 6.26. The van der Waals surface area contributed by atoms with Crippen molar-refractivity contribution in [1.29, 1.82) is 0 Å². The Kier molecular flexibility index (Phi) is 4.17. The largest absolute Gasteiger partial charge is 0.345 e. The van der Waals surface area contributed by atoms with Gasteiger partial charge in [0.2, 0.25) is 0 Å². The first-order chi connectivity index (χ1) is 9.08. The molecule has 0 radical (unpaired) electrons. The monoisotopic (exact) mass is 277 g/mol. The minimum atomic E-state index is -0.581. The van der Waals surface area contributed by atoms with E-state index in [0.29, 0.717) is 5.02 Å². The Labute approximate surface area is 116 Å². The summed E-state index contributed by atoms with van der Waals surface area (Å²) in [5.74, 6) is -1.06. The quantitative estimate of drug-likeness (QED) is 0.904. The molecule has 2 nitrogen and oxygen atoms in total. The molecule has 0 saturated heterocycles. The fourth-order valence-electron chi connectivity index (χ4n) is 1.77. The van der Waals surface area contributed by atoms with Gasteiger partial charge in [0.1, 0.15) is 5.82 Å². The molecule has 0 fully saturated rings. The number of benzene rings is 2. The Balaban J connectivity index is 2.15. The van der Waals surface area contributed by atoms with Crippen LogP contribution >= 0.6 is 11.6 Å². The van der Waals surface area contributed by atoms with Crippen LogP contribution in [0.1, 0.15) is 28.9 Å². The highest BCUT2D eigenvalue weighted by Crippen LogP contribution is 2.17. The van der Waals surface area contributed by atoms with Crippen LogP contribution < -0.4 is 5.32 Å². The van der Waals surface area contributed by atoms with Crippen molar-refractivity contribution in [1.82, 2.24) is 5.32 Å². The molecule has 0 aliphatic heterocycles. The van der Waals surface area contributed by atoms with E-state index in [1.165, 1.54) is 18.2 Å². The average molecular weight is 278 g/mol. The van der Waals surface area contributed by atoms with E-state index in [4.69, 9.17) is 11.6 Å². The minimum Gasteiger partial charge on any atom is -0.345 e. The predicted octanol–water partition coefficient (Wildman–Crippen LogP) is 3.97. The molecule has 2 rings (SSSR count). The second kappa shape index (κ2) is 5.85. The first kappa shape index (κ1) is 13.6. The third-order valence-electron chi connectivity index (χ3n) is 2.82. The highest BCUT2D eigenvalue weighted by atomic mass is 35.5. The summed E-state index contributed by atoms with van der Waals surface area (Å²) in [6, 6.07) is 13.2. The Morgan fingerprint density at radius 2 is 1.89 bits per heavy atom. The van der Waals surface area contributed by atoms with Crippen LogP contribution in [0.4, 0.5) is 4.39 Å². The number of hydrogen-bond acceptors (Lipinski definition) is 1. The summed E-state index contributed by atoms with van der Waals surface area (Å²) in [4.78, 5) is 12.0. The van der Waals surface area contributed by atoms with E-state index in [2.05, 4.69) is 5.32 Å². The second-order valence-corrected chi connectivity index (χ2v) is 4.67. The van der Waals surface area contributed by atoms with Crippen LogP contribution in [0.15, 0.2) is 48.5 Å². The zero-order valence-corrected chi connectivity index (χ0v) is 11.1. The summed E-state index contributed by atoms with van der Waals surface area (Å²) in [5.41, 5.74) is 0.911. The fourth-order valence-corrected chi connectivity index (χ4v) is 1.94. The maximum absolute atomic E-state index is 13.6. The number of rotatable bonds is 3. The lowest BCUT2D eigenvalue weighted by atomic mass is 10.1.